The van der Waals surface area contributed by atoms with Crippen LogP contribution in [0, 0.1) is 0 Å². The number of para-hydroxylation sites is 1. The second-order valence-electron chi connectivity index (χ2n) is 3.95. The lowest BCUT2D eigenvalue weighted by molar-refractivity contribution is 0.0948. The molecule has 0 N–H and O–H groups in total. The molecule has 1 heterocycles. The lowest BCUT2D eigenvalue weighted by Crippen LogP contribution is -2.13. The normalized spacial score (nSPS) is 10.8. The van der Waals surface area contributed by atoms with E-state index in [1.807, 2.05) is 12.1 Å². The molecule has 0 fully saturated rings. The third-order valence-electron chi connectivity index (χ3n) is 2.65. The van der Waals surface area contributed by atoms with Crippen molar-refractivity contribution in [2.75, 3.05) is 0 Å². The van der Waals surface area contributed by atoms with Crippen LogP contribution in [-0.4, -0.2) is 20.9 Å². The van der Waals surface area contributed by atoms with Gasteiger partial charge in [0.1, 0.15) is 5.52 Å². The summed E-state index contributed by atoms with van der Waals surface area (Å²) in [5.41, 5.74) is 1.67. The molecule has 0 bridgehead atoms. The minimum atomic E-state index is -0.321. The summed E-state index contributed by atoms with van der Waals surface area (Å²) >= 11 is 11.8. The van der Waals surface area contributed by atoms with E-state index in [0.717, 1.165) is 0 Å². The van der Waals surface area contributed by atoms with Crippen LogP contribution >= 0.6 is 23.2 Å². The smallest absolute Gasteiger partial charge is 0.267 e. The highest BCUT2D eigenvalue weighted by Crippen LogP contribution is 2.20. The number of halogens is 2. The van der Waals surface area contributed by atoms with Gasteiger partial charge in [-0.05, 0) is 30.3 Å². The first-order chi connectivity index (χ1) is 9.15. The van der Waals surface area contributed by atoms with Gasteiger partial charge in [0.2, 0.25) is 0 Å². The average Bonchev–Trinajstić information content (AvgIpc) is 2.80. The summed E-state index contributed by atoms with van der Waals surface area (Å²) in [6.07, 6.45) is 0. The molecule has 0 aliphatic rings. The molecule has 0 amide bonds. The van der Waals surface area contributed by atoms with Crippen molar-refractivity contribution in [2.45, 2.75) is 0 Å². The van der Waals surface area contributed by atoms with Crippen molar-refractivity contribution >= 4 is 40.1 Å². The maximum atomic E-state index is 12.4. The number of rotatable bonds is 1. The minimum Gasteiger partial charge on any atom is -0.267 e. The maximum Gasteiger partial charge on any atom is 0.280 e. The van der Waals surface area contributed by atoms with Gasteiger partial charge >= 0.3 is 0 Å². The maximum absolute atomic E-state index is 12.4. The quantitative estimate of drug-likeness (QED) is 0.690. The predicted octanol–water partition coefficient (Wildman–Crippen LogP) is 3.43. The first kappa shape index (κ1) is 12.1. The van der Waals surface area contributed by atoms with Crippen LogP contribution in [0.3, 0.4) is 0 Å². The van der Waals surface area contributed by atoms with Crippen molar-refractivity contribution in [2.24, 2.45) is 0 Å². The summed E-state index contributed by atoms with van der Waals surface area (Å²) in [5, 5.41) is 8.60. The van der Waals surface area contributed by atoms with E-state index in [0.29, 0.717) is 26.6 Å². The molecule has 2 aromatic carbocycles. The molecular weight excluding hydrogens is 285 g/mol. The first-order valence-electron chi connectivity index (χ1n) is 5.46. The topological polar surface area (TPSA) is 47.8 Å². The Labute approximate surface area is 118 Å². The number of carbonyl (C=O) groups is 1. The summed E-state index contributed by atoms with van der Waals surface area (Å²) < 4.78 is 1.23. The SMILES string of the molecule is O=C(c1cc(Cl)cc(Cl)c1)n1nnc2ccccc21. The zero-order valence-corrected chi connectivity index (χ0v) is 11.1. The van der Waals surface area contributed by atoms with E-state index in [4.69, 9.17) is 23.2 Å². The Morgan fingerprint density at radius 1 is 1.05 bits per heavy atom. The Bertz CT molecular complexity index is 762. The van der Waals surface area contributed by atoms with E-state index < -0.39 is 0 Å². The Morgan fingerprint density at radius 3 is 2.47 bits per heavy atom. The molecule has 0 saturated heterocycles. The van der Waals surface area contributed by atoms with E-state index in [1.54, 1.807) is 30.3 Å². The second-order valence-corrected chi connectivity index (χ2v) is 4.83. The van der Waals surface area contributed by atoms with Gasteiger partial charge in [-0.25, -0.2) is 0 Å². The van der Waals surface area contributed by atoms with Crippen molar-refractivity contribution in [3.8, 4) is 0 Å². The van der Waals surface area contributed by atoms with E-state index in [9.17, 15) is 4.79 Å². The predicted molar refractivity (Wildman–Crippen MR) is 73.7 cm³/mol. The van der Waals surface area contributed by atoms with Crippen molar-refractivity contribution in [1.29, 1.82) is 0 Å². The zero-order valence-electron chi connectivity index (χ0n) is 9.55. The van der Waals surface area contributed by atoms with Crippen LogP contribution in [0.5, 0.6) is 0 Å². The number of hydrogen-bond acceptors (Lipinski definition) is 3. The zero-order chi connectivity index (χ0) is 13.4. The average molecular weight is 292 g/mol. The van der Waals surface area contributed by atoms with Crippen LogP contribution in [0.1, 0.15) is 10.4 Å². The molecule has 1 aromatic heterocycles. The number of nitrogens with zero attached hydrogens (tertiary/aromatic N) is 3. The third-order valence-corrected chi connectivity index (χ3v) is 3.09. The van der Waals surface area contributed by atoms with Crippen molar-refractivity contribution in [1.82, 2.24) is 15.0 Å². The second kappa shape index (κ2) is 4.64. The minimum absolute atomic E-state index is 0.321. The third kappa shape index (κ3) is 2.20. The van der Waals surface area contributed by atoms with Gasteiger partial charge in [-0.1, -0.05) is 40.5 Å². The molecule has 4 nitrogen and oxygen atoms in total. The molecular formula is C13H7Cl2N3O. The van der Waals surface area contributed by atoms with Gasteiger partial charge < -0.3 is 0 Å². The Hall–Kier alpha value is -1.91. The van der Waals surface area contributed by atoms with Gasteiger partial charge in [-0.3, -0.25) is 4.79 Å². The van der Waals surface area contributed by atoms with Crippen LogP contribution in [0.25, 0.3) is 11.0 Å². The van der Waals surface area contributed by atoms with Crippen LogP contribution in [0.15, 0.2) is 42.5 Å². The van der Waals surface area contributed by atoms with Gasteiger partial charge in [-0.2, -0.15) is 4.68 Å². The molecule has 0 atom stereocenters. The monoisotopic (exact) mass is 291 g/mol. The summed E-state index contributed by atoms with van der Waals surface area (Å²) in [6, 6.07) is 11.9. The summed E-state index contributed by atoms with van der Waals surface area (Å²) in [4.78, 5) is 12.4. The van der Waals surface area contributed by atoms with Crippen molar-refractivity contribution in [3.05, 3.63) is 58.1 Å². The van der Waals surface area contributed by atoms with E-state index in [2.05, 4.69) is 10.3 Å². The first-order valence-corrected chi connectivity index (χ1v) is 6.22. The lowest BCUT2D eigenvalue weighted by Gasteiger charge is -2.02. The van der Waals surface area contributed by atoms with E-state index >= 15 is 0 Å². The molecule has 0 unspecified atom stereocenters. The van der Waals surface area contributed by atoms with Crippen molar-refractivity contribution in [3.63, 3.8) is 0 Å². The van der Waals surface area contributed by atoms with Crippen LogP contribution < -0.4 is 0 Å². The molecule has 0 aliphatic carbocycles. The number of carbonyl (C=O) groups excluding carboxylic acids is 1. The summed E-state index contributed by atoms with van der Waals surface area (Å²) in [5.74, 6) is -0.321. The highest BCUT2D eigenvalue weighted by Gasteiger charge is 2.14. The summed E-state index contributed by atoms with van der Waals surface area (Å²) in [6.45, 7) is 0. The molecule has 19 heavy (non-hydrogen) atoms. The number of benzene rings is 2. The molecule has 3 rings (SSSR count). The molecule has 0 saturated carbocycles. The van der Waals surface area contributed by atoms with Crippen LogP contribution in [-0.2, 0) is 0 Å². The molecule has 0 spiro atoms. The largest absolute Gasteiger partial charge is 0.280 e. The van der Waals surface area contributed by atoms with Gasteiger partial charge in [-0.15, -0.1) is 5.10 Å². The Morgan fingerprint density at radius 2 is 1.74 bits per heavy atom. The molecule has 0 aliphatic heterocycles. The van der Waals surface area contributed by atoms with Gasteiger partial charge in [0.05, 0.1) is 5.52 Å². The van der Waals surface area contributed by atoms with Crippen LogP contribution in [0.2, 0.25) is 10.0 Å². The summed E-state index contributed by atoms with van der Waals surface area (Å²) in [7, 11) is 0. The molecule has 6 heteroatoms. The highest BCUT2D eigenvalue weighted by molar-refractivity contribution is 6.35. The fraction of sp³-hybridized carbons (Fsp3) is 0. The number of fused-ring (bicyclic) bond motifs is 1. The van der Waals surface area contributed by atoms with Gasteiger partial charge in [0.25, 0.3) is 5.91 Å². The van der Waals surface area contributed by atoms with Crippen molar-refractivity contribution < 1.29 is 4.79 Å². The Kier molecular flexibility index (Phi) is 2.97. The number of aromatic nitrogens is 3. The van der Waals surface area contributed by atoms with E-state index in [1.165, 1.54) is 4.68 Å². The highest BCUT2D eigenvalue weighted by atomic mass is 35.5. The fourth-order valence-electron chi connectivity index (χ4n) is 1.82. The molecule has 0 radical (unpaired) electrons. The lowest BCUT2D eigenvalue weighted by atomic mass is 10.2. The standard InChI is InChI=1S/C13H7Cl2N3O/c14-9-5-8(6-10(15)7-9)13(19)18-12-4-2-1-3-11(12)16-17-18/h1-7H. The molecule has 94 valence electrons. The van der Waals surface area contributed by atoms with E-state index in [-0.39, 0.29) is 5.91 Å². The number of hydrogen-bond donors (Lipinski definition) is 0. The van der Waals surface area contributed by atoms with Crippen LogP contribution in [0.4, 0.5) is 0 Å². The van der Waals surface area contributed by atoms with Gasteiger partial charge in [0, 0.05) is 15.6 Å². The Balaban J connectivity index is 2.13. The van der Waals surface area contributed by atoms with Gasteiger partial charge in [0.15, 0.2) is 0 Å². The fourth-order valence-corrected chi connectivity index (χ4v) is 2.34. The molecule has 3 aromatic rings.